The fraction of sp³-hybridized carbons (Fsp3) is 0.308. The Morgan fingerprint density at radius 1 is 1.50 bits per heavy atom. The summed E-state index contributed by atoms with van der Waals surface area (Å²) in [6.45, 7) is 2.08. The molecule has 0 unspecified atom stereocenters. The van der Waals surface area contributed by atoms with Crippen LogP contribution in [-0.4, -0.2) is 24.4 Å². The minimum absolute atomic E-state index is 0.0207. The average molecular weight is 214 g/mol. The second kappa shape index (κ2) is 4.38. The van der Waals surface area contributed by atoms with Crippen LogP contribution >= 0.6 is 0 Å². The summed E-state index contributed by atoms with van der Waals surface area (Å²) >= 11 is 0. The van der Waals surface area contributed by atoms with Crippen LogP contribution in [-0.2, 0) is 13.1 Å². The summed E-state index contributed by atoms with van der Waals surface area (Å²) in [5.74, 6) is 2.44. The van der Waals surface area contributed by atoms with Gasteiger partial charge in [-0.3, -0.25) is 4.79 Å². The predicted molar refractivity (Wildman–Crippen MR) is 62.8 cm³/mol. The molecule has 82 valence electrons. The van der Waals surface area contributed by atoms with E-state index in [4.69, 9.17) is 6.42 Å². The highest BCUT2D eigenvalue weighted by Gasteiger charge is 2.15. The van der Waals surface area contributed by atoms with Gasteiger partial charge < -0.3 is 10.2 Å². The van der Waals surface area contributed by atoms with E-state index in [-0.39, 0.29) is 5.91 Å². The first-order chi connectivity index (χ1) is 7.72. The van der Waals surface area contributed by atoms with Crippen molar-refractivity contribution in [2.24, 2.45) is 0 Å². The Balaban J connectivity index is 2.22. The summed E-state index contributed by atoms with van der Waals surface area (Å²) in [4.78, 5) is 13.5. The summed E-state index contributed by atoms with van der Waals surface area (Å²) in [6.07, 6.45) is 5.18. The molecule has 1 amide bonds. The summed E-state index contributed by atoms with van der Waals surface area (Å²) in [7, 11) is 1.72. The van der Waals surface area contributed by atoms with Crippen molar-refractivity contribution in [3.05, 3.63) is 34.9 Å². The van der Waals surface area contributed by atoms with Crippen LogP contribution < -0.4 is 5.32 Å². The van der Waals surface area contributed by atoms with Crippen molar-refractivity contribution in [2.45, 2.75) is 13.1 Å². The van der Waals surface area contributed by atoms with E-state index in [1.807, 2.05) is 18.2 Å². The second-order valence-corrected chi connectivity index (χ2v) is 3.95. The Bertz CT molecular complexity index is 459. The largest absolute Gasteiger partial charge is 0.331 e. The van der Waals surface area contributed by atoms with E-state index in [0.29, 0.717) is 12.1 Å². The van der Waals surface area contributed by atoms with Gasteiger partial charge in [-0.25, -0.2) is 0 Å². The molecule has 1 aromatic rings. The number of terminal acetylenes is 1. The van der Waals surface area contributed by atoms with Gasteiger partial charge in [0.25, 0.3) is 5.91 Å². The van der Waals surface area contributed by atoms with Crippen LogP contribution in [0.15, 0.2) is 18.2 Å². The standard InChI is InChI=1S/C13H14N2O/c1-3-6-15(2)13(16)10-4-5-11-8-14-9-12(11)7-10/h1,4-5,7,14H,6,8-9H2,2H3. The number of nitrogens with zero attached hydrogens (tertiary/aromatic N) is 1. The van der Waals surface area contributed by atoms with Crippen LogP contribution in [0.25, 0.3) is 0 Å². The van der Waals surface area contributed by atoms with Crippen molar-refractivity contribution < 1.29 is 4.79 Å². The lowest BCUT2D eigenvalue weighted by Crippen LogP contribution is -2.27. The number of nitrogens with one attached hydrogen (secondary N) is 1. The van der Waals surface area contributed by atoms with E-state index >= 15 is 0 Å². The maximum Gasteiger partial charge on any atom is 0.254 e. The lowest BCUT2D eigenvalue weighted by Gasteiger charge is -2.14. The highest BCUT2D eigenvalue weighted by molar-refractivity contribution is 5.94. The molecule has 0 saturated heterocycles. The van der Waals surface area contributed by atoms with Crippen molar-refractivity contribution in [3.63, 3.8) is 0 Å². The van der Waals surface area contributed by atoms with Crippen LogP contribution in [0.4, 0.5) is 0 Å². The molecule has 3 heteroatoms. The van der Waals surface area contributed by atoms with E-state index in [1.54, 1.807) is 11.9 Å². The first kappa shape index (κ1) is 10.7. The molecular weight excluding hydrogens is 200 g/mol. The van der Waals surface area contributed by atoms with E-state index in [0.717, 1.165) is 13.1 Å². The number of amides is 1. The Morgan fingerprint density at radius 3 is 3.00 bits per heavy atom. The number of hydrogen-bond acceptors (Lipinski definition) is 2. The molecule has 0 atom stereocenters. The zero-order valence-electron chi connectivity index (χ0n) is 9.29. The van der Waals surface area contributed by atoms with Crippen molar-refractivity contribution in [1.29, 1.82) is 0 Å². The molecular formula is C13H14N2O. The van der Waals surface area contributed by atoms with Crippen molar-refractivity contribution in [2.75, 3.05) is 13.6 Å². The molecule has 0 saturated carbocycles. The summed E-state index contributed by atoms with van der Waals surface area (Å²) < 4.78 is 0. The van der Waals surface area contributed by atoms with Crippen LogP contribution in [0.2, 0.25) is 0 Å². The Morgan fingerprint density at radius 2 is 2.25 bits per heavy atom. The number of fused-ring (bicyclic) bond motifs is 1. The SMILES string of the molecule is C#CCN(C)C(=O)c1ccc2c(c1)CNC2. The zero-order chi connectivity index (χ0) is 11.5. The maximum atomic E-state index is 11.9. The van der Waals surface area contributed by atoms with E-state index in [1.165, 1.54) is 11.1 Å². The monoisotopic (exact) mass is 214 g/mol. The van der Waals surface area contributed by atoms with Gasteiger partial charge in [0.2, 0.25) is 0 Å². The normalized spacial score (nSPS) is 13.0. The molecule has 3 nitrogen and oxygen atoms in total. The number of rotatable bonds is 2. The van der Waals surface area contributed by atoms with Gasteiger partial charge in [0.15, 0.2) is 0 Å². The highest BCUT2D eigenvalue weighted by atomic mass is 16.2. The van der Waals surface area contributed by atoms with Gasteiger partial charge in [-0.05, 0) is 23.3 Å². The quantitative estimate of drug-likeness (QED) is 0.745. The van der Waals surface area contributed by atoms with Crippen LogP contribution in [0.3, 0.4) is 0 Å². The van der Waals surface area contributed by atoms with Gasteiger partial charge in [-0.2, -0.15) is 0 Å². The van der Waals surface area contributed by atoms with Crippen molar-refractivity contribution >= 4 is 5.91 Å². The van der Waals surface area contributed by atoms with Gasteiger partial charge in [0, 0.05) is 25.7 Å². The fourth-order valence-corrected chi connectivity index (χ4v) is 1.86. The predicted octanol–water partition coefficient (Wildman–Crippen LogP) is 0.995. The Hall–Kier alpha value is -1.79. The third-order valence-corrected chi connectivity index (χ3v) is 2.76. The van der Waals surface area contributed by atoms with Crippen LogP contribution in [0, 0.1) is 12.3 Å². The molecule has 0 aliphatic carbocycles. The van der Waals surface area contributed by atoms with Gasteiger partial charge in [0.05, 0.1) is 6.54 Å². The lowest BCUT2D eigenvalue weighted by atomic mass is 10.1. The van der Waals surface area contributed by atoms with Crippen molar-refractivity contribution in [3.8, 4) is 12.3 Å². The van der Waals surface area contributed by atoms with Gasteiger partial charge in [-0.15, -0.1) is 6.42 Å². The van der Waals surface area contributed by atoms with Gasteiger partial charge in [-0.1, -0.05) is 12.0 Å². The molecule has 1 aliphatic rings. The highest BCUT2D eigenvalue weighted by Crippen LogP contribution is 2.17. The van der Waals surface area contributed by atoms with E-state index in [2.05, 4.69) is 11.2 Å². The molecule has 0 spiro atoms. The van der Waals surface area contributed by atoms with Crippen molar-refractivity contribution in [1.82, 2.24) is 10.2 Å². The fourth-order valence-electron chi connectivity index (χ4n) is 1.86. The van der Waals surface area contributed by atoms with Gasteiger partial charge in [0.1, 0.15) is 0 Å². The smallest absolute Gasteiger partial charge is 0.254 e. The third-order valence-electron chi connectivity index (χ3n) is 2.76. The molecule has 2 rings (SSSR count). The first-order valence-corrected chi connectivity index (χ1v) is 5.24. The molecule has 0 radical (unpaired) electrons. The van der Waals surface area contributed by atoms with Crippen LogP contribution in [0.1, 0.15) is 21.5 Å². The molecule has 1 N–H and O–H groups in total. The number of carbonyl (C=O) groups excluding carboxylic acids is 1. The molecule has 0 bridgehead atoms. The molecule has 0 fully saturated rings. The molecule has 1 aromatic carbocycles. The number of carbonyl (C=O) groups is 1. The van der Waals surface area contributed by atoms with Gasteiger partial charge >= 0.3 is 0 Å². The summed E-state index contributed by atoms with van der Waals surface area (Å²) in [5, 5.41) is 3.25. The lowest BCUT2D eigenvalue weighted by molar-refractivity contribution is 0.0812. The molecule has 1 aliphatic heterocycles. The number of benzene rings is 1. The van der Waals surface area contributed by atoms with E-state index in [9.17, 15) is 4.79 Å². The topological polar surface area (TPSA) is 32.3 Å². The Kier molecular flexibility index (Phi) is 2.93. The Labute approximate surface area is 95.5 Å². The van der Waals surface area contributed by atoms with Crippen LogP contribution in [0.5, 0.6) is 0 Å². The second-order valence-electron chi connectivity index (χ2n) is 3.95. The van der Waals surface area contributed by atoms with E-state index < -0.39 is 0 Å². The third kappa shape index (κ3) is 1.93. The maximum absolute atomic E-state index is 11.9. The summed E-state index contributed by atoms with van der Waals surface area (Å²) in [5.41, 5.74) is 3.19. The first-order valence-electron chi connectivity index (χ1n) is 5.24. The minimum atomic E-state index is -0.0207. The molecule has 1 heterocycles. The number of hydrogen-bond donors (Lipinski definition) is 1. The average Bonchev–Trinajstić information content (AvgIpc) is 2.75. The zero-order valence-corrected chi connectivity index (χ0v) is 9.29. The summed E-state index contributed by atoms with van der Waals surface area (Å²) in [6, 6.07) is 5.82. The minimum Gasteiger partial charge on any atom is -0.331 e. The molecule has 16 heavy (non-hydrogen) atoms. The molecule has 0 aromatic heterocycles.